The van der Waals surface area contributed by atoms with E-state index in [1.807, 2.05) is 0 Å². The van der Waals surface area contributed by atoms with Crippen molar-refractivity contribution in [2.45, 2.75) is 25.7 Å². The van der Waals surface area contributed by atoms with Crippen LogP contribution in [0.4, 0.5) is 4.39 Å². The molecule has 1 aromatic carbocycles. The molecule has 0 aliphatic heterocycles. The lowest BCUT2D eigenvalue weighted by atomic mass is 10.1. The Kier molecular flexibility index (Phi) is 5.28. The van der Waals surface area contributed by atoms with Crippen molar-refractivity contribution in [3.05, 3.63) is 29.1 Å². The van der Waals surface area contributed by atoms with Crippen molar-refractivity contribution in [3.8, 4) is 0 Å². The van der Waals surface area contributed by atoms with Gasteiger partial charge >= 0.3 is 0 Å². The van der Waals surface area contributed by atoms with E-state index in [2.05, 4.69) is 4.72 Å². The summed E-state index contributed by atoms with van der Waals surface area (Å²) < 4.78 is 62.3. The molecule has 1 N–H and O–H groups in total. The van der Waals surface area contributed by atoms with Crippen LogP contribution in [-0.2, 0) is 19.9 Å². The maximum atomic E-state index is 13.2. The quantitative estimate of drug-likeness (QED) is 0.852. The fourth-order valence-corrected chi connectivity index (χ4v) is 4.18. The fourth-order valence-electron chi connectivity index (χ4n) is 1.87. The van der Waals surface area contributed by atoms with Gasteiger partial charge in [0.25, 0.3) is 0 Å². The van der Waals surface area contributed by atoms with Crippen molar-refractivity contribution in [2.24, 2.45) is 0 Å². The summed E-state index contributed by atoms with van der Waals surface area (Å²) in [5, 5.41) is 0. The van der Waals surface area contributed by atoms with Crippen molar-refractivity contribution >= 4 is 19.9 Å². The van der Waals surface area contributed by atoms with Gasteiger partial charge in [-0.15, -0.1) is 0 Å². The van der Waals surface area contributed by atoms with Crippen molar-refractivity contribution in [1.29, 1.82) is 0 Å². The van der Waals surface area contributed by atoms with E-state index in [0.717, 1.165) is 12.1 Å². The molecule has 0 aliphatic carbocycles. The third-order valence-corrected chi connectivity index (χ3v) is 6.31. The predicted octanol–water partition coefficient (Wildman–Crippen LogP) is 1.16. The van der Waals surface area contributed by atoms with Crippen LogP contribution < -0.4 is 4.72 Å². The van der Waals surface area contributed by atoms with Crippen molar-refractivity contribution in [3.63, 3.8) is 0 Å². The van der Waals surface area contributed by atoms with Crippen LogP contribution in [0.2, 0.25) is 0 Å². The summed E-state index contributed by atoms with van der Waals surface area (Å²) in [6.45, 7) is 4.29. The number of benzene rings is 1. The highest BCUT2D eigenvalue weighted by Crippen LogP contribution is 2.21. The molecular weight excluding hydrogens is 305 g/mol. The van der Waals surface area contributed by atoms with Gasteiger partial charge in [-0.05, 0) is 37.1 Å². The van der Waals surface area contributed by atoms with Gasteiger partial charge in [-0.3, -0.25) is 0 Å². The second-order valence-electron chi connectivity index (χ2n) is 4.50. The van der Waals surface area contributed by atoms with Crippen molar-refractivity contribution in [1.82, 2.24) is 4.72 Å². The molecule has 0 saturated heterocycles. The first-order valence-electron chi connectivity index (χ1n) is 6.06. The Morgan fingerprint density at radius 3 is 2.05 bits per heavy atom. The summed E-state index contributed by atoms with van der Waals surface area (Å²) in [5.74, 6) is -0.807. The Morgan fingerprint density at radius 1 is 1.10 bits per heavy atom. The Hall–Kier alpha value is -0.990. The van der Waals surface area contributed by atoms with E-state index in [-0.39, 0.29) is 34.1 Å². The minimum atomic E-state index is -3.85. The summed E-state index contributed by atoms with van der Waals surface area (Å²) in [6.07, 6.45) is 0. The Morgan fingerprint density at radius 2 is 1.60 bits per heavy atom. The molecule has 0 heterocycles. The number of hydrogen-bond acceptors (Lipinski definition) is 4. The number of aryl methyl sites for hydroxylation is 2. The largest absolute Gasteiger partial charge is 0.241 e. The van der Waals surface area contributed by atoms with Gasteiger partial charge in [-0.2, -0.15) is 0 Å². The van der Waals surface area contributed by atoms with Crippen LogP contribution in [0.15, 0.2) is 17.0 Å². The first-order chi connectivity index (χ1) is 9.09. The molecule has 0 radical (unpaired) electrons. The average molecular weight is 323 g/mol. The molecule has 0 amide bonds. The maximum Gasteiger partial charge on any atom is 0.241 e. The lowest BCUT2D eigenvalue weighted by molar-refractivity contribution is 0.579. The van der Waals surface area contributed by atoms with Gasteiger partial charge in [-0.1, -0.05) is 6.92 Å². The Balaban J connectivity index is 2.96. The number of sulfonamides is 1. The van der Waals surface area contributed by atoms with Crippen LogP contribution in [0, 0.1) is 19.7 Å². The number of sulfone groups is 1. The van der Waals surface area contributed by atoms with Crippen LogP contribution in [-0.4, -0.2) is 34.9 Å². The van der Waals surface area contributed by atoms with E-state index < -0.39 is 25.7 Å². The highest BCUT2D eigenvalue weighted by molar-refractivity contribution is 7.91. The second kappa shape index (κ2) is 6.19. The molecule has 0 unspecified atom stereocenters. The second-order valence-corrected chi connectivity index (χ2v) is 8.68. The smallest absolute Gasteiger partial charge is 0.229 e. The number of rotatable bonds is 6. The van der Waals surface area contributed by atoms with Gasteiger partial charge in [0.15, 0.2) is 9.84 Å². The first kappa shape index (κ1) is 17.1. The lowest BCUT2D eigenvalue weighted by Crippen LogP contribution is -2.30. The standard InChI is InChI=1S/C12H18FNO4S2/c1-4-19(15,16)6-5-14-20(17,18)12-9(2)7-11(13)8-10(12)3/h7-8,14H,4-6H2,1-3H3. The van der Waals surface area contributed by atoms with E-state index in [1.165, 1.54) is 20.8 Å². The van der Waals surface area contributed by atoms with Crippen LogP contribution in [0.3, 0.4) is 0 Å². The molecule has 0 spiro atoms. The molecule has 1 rings (SSSR count). The average Bonchev–Trinajstić information content (AvgIpc) is 2.26. The molecule has 0 atom stereocenters. The minimum absolute atomic E-state index is 0.00667. The molecule has 0 aliphatic rings. The van der Waals surface area contributed by atoms with Crippen LogP contribution in [0.25, 0.3) is 0 Å². The van der Waals surface area contributed by atoms with E-state index in [9.17, 15) is 21.2 Å². The lowest BCUT2D eigenvalue weighted by Gasteiger charge is -2.12. The summed E-state index contributed by atoms with van der Waals surface area (Å²) in [5.41, 5.74) is 0.571. The van der Waals surface area contributed by atoms with Gasteiger partial charge in [0, 0.05) is 12.3 Å². The predicted molar refractivity (Wildman–Crippen MR) is 75.4 cm³/mol. The normalized spacial score (nSPS) is 12.6. The van der Waals surface area contributed by atoms with Crippen LogP contribution >= 0.6 is 0 Å². The molecule has 0 fully saturated rings. The molecule has 0 bridgehead atoms. The van der Waals surface area contributed by atoms with Crippen molar-refractivity contribution in [2.75, 3.05) is 18.1 Å². The van der Waals surface area contributed by atoms with Crippen LogP contribution in [0.5, 0.6) is 0 Å². The SMILES string of the molecule is CCS(=O)(=O)CCNS(=O)(=O)c1c(C)cc(F)cc1C. The summed E-state index contributed by atoms with van der Waals surface area (Å²) >= 11 is 0. The topological polar surface area (TPSA) is 80.3 Å². The zero-order chi connectivity index (χ0) is 15.6. The molecular formula is C12H18FNO4S2. The van der Waals surface area contributed by atoms with Crippen LogP contribution in [0.1, 0.15) is 18.1 Å². The third kappa shape index (κ3) is 4.26. The zero-order valence-electron chi connectivity index (χ0n) is 11.6. The highest BCUT2D eigenvalue weighted by atomic mass is 32.2. The molecule has 5 nitrogen and oxygen atoms in total. The van der Waals surface area contributed by atoms with E-state index in [1.54, 1.807) is 0 Å². The fraction of sp³-hybridized carbons (Fsp3) is 0.500. The number of hydrogen-bond donors (Lipinski definition) is 1. The molecule has 8 heteroatoms. The highest BCUT2D eigenvalue weighted by Gasteiger charge is 2.20. The maximum absolute atomic E-state index is 13.2. The Bertz CT molecular complexity index is 673. The monoisotopic (exact) mass is 323 g/mol. The third-order valence-electron chi connectivity index (χ3n) is 2.84. The molecule has 20 heavy (non-hydrogen) atoms. The van der Waals surface area contributed by atoms with E-state index >= 15 is 0 Å². The summed E-state index contributed by atoms with van der Waals surface area (Å²) in [7, 11) is -7.09. The van der Waals surface area contributed by atoms with E-state index in [4.69, 9.17) is 0 Å². The first-order valence-corrected chi connectivity index (χ1v) is 9.36. The minimum Gasteiger partial charge on any atom is -0.229 e. The van der Waals surface area contributed by atoms with Gasteiger partial charge in [0.05, 0.1) is 10.6 Å². The zero-order valence-corrected chi connectivity index (χ0v) is 13.2. The number of nitrogens with one attached hydrogen (secondary N) is 1. The molecule has 114 valence electrons. The number of halogens is 1. The van der Waals surface area contributed by atoms with E-state index in [0.29, 0.717) is 0 Å². The molecule has 0 saturated carbocycles. The summed E-state index contributed by atoms with van der Waals surface area (Å²) in [6, 6.07) is 2.26. The van der Waals surface area contributed by atoms with Gasteiger partial charge in [0.2, 0.25) is 10.0 Å². The molecule has 0 aromatic heterocycles. The van der Waals surface area contributed by atoms with Gasteiger partial charge < -0.3 is 0 Å². The van der Waals surface area contributed by atoms with Gasteiger partial charge in [-0.25, -0.2) is 25.9 Å². The summed E-state index contributed by atoms with van der Waals surface area (Å²) in [4.78, 5) is -0.00667. The van der Waals surface area contributed by atoms with Gasteiger partial charge in [0.1, 0.15) is 5.82 Å². The Labute approximate surface area is 119 Å². The van der Waals surface area contributed by atoms with Crippen molar-refractivity contribution < 1.29 is 21.2 Å². The molecule has 1 aromatic rings.